The van der Waals surface area contributed by atoms with Gasteiger partial charge in [0.05, 0.1) is 0 Å². The third-order valence-electron chi connectivity index (χ3n) is 6.16. The lowest BCUT2D eigenvalue weighted by Gasteiger charge is -2.51. The molecule has 122 valence electrons. The molecule has 0 radical (unpaired) electrons. The van der Waals surface area contributed by atoms with Crippen LogP contribution >= 0.6 is 0 Å². The van der Waals surface area contributed by atoms with Crippen LogP contribution in [-0.2, 0) is 0 Å². The summed E-state index contributed by atoms with van der Waals surface area (Å²) < 4.78 is 0. The minimum Gasteiger partial charge on any atom is -0.329 e. The van der Waals surface area contributed by atoms with Gasteiger partial charge in [-0.25, -0.2) is 0 Å². The van der Waals surface area contributed by atoms with E-state index in [1.54, 1.807) is 0 Å². The zero-order chi connectivity index (χ0) is 14.9. The largest absolute Gasteiger partial charge is 0.329 e. The highest BCUT2D eigenvalue weighted by atomic mass is 15.3. The number of rotatable bonds is 5. The Morgan fingerprint density at radius 1 is 1.10 bits per heavy atom. The summed E-state index contributed by atoms with van der Waals surface area (Å²) >= 11 is 0. The first kappa shape index (κ1) is 15.8. The first-order valence-electron chi connectivity index (χ1n) is 9.32. The SMILES string of the molecule is CC(C)CC1CCCC(CN)(N2CCN(C3CC3)CC2)C1. The summed E-state index contributed by atoms with van der Waals surface area (Å²) in [5.74, 6) is 1.74. The Kier molecular flexibility index (Phi) is 4.92. The molecule has 0 aromatic carbocycles. The molecule has 2 atom stereocenters. The Balaban J connectivity index is 1.59. The summed E-state index contributed by atoms with van der Waals surface area (Å²) in [6.07, 6.45) is 9.78. The second-order valence-corrected chi connectivity index (χ2v) is 8.27. The highest BCUT2D eigenvalue weighted by Gasteiger charge is 2.42. The number of hydrogen-bond acceptors (Lipinski definition) is 3. The molecule has 2 saturated carbocycles. The van der Waals surface area contributed by atoms with Crippen LogP contribution in [-0.4, -0.2) is 54.1 Å². The van der Waals surface area contributed by atoms with Crippen molar-refractivity contribution in [2.75, 3.05) is 32.7 Å². The number of nitrogens with zero attached hydrogens (tertiary/aromatic N) is 2. The van der Waals surface area contributed by atoms with Crippen molar-refractivity contribution in [3.8, 4) is 0 Å². The average Bonchev–Trinajstić information content (AvgIpc) is 3.31. The number of nitrogens with two attached hydrogens (primary N) is 1. The normalized spacial score (nSPS) is 36.3. The van der Waals surface area contributed by atoms with Crippen molar-refractivity contribution in [3.05, 3.63) is 0 Å². The van der Waals surface area contributed by atoms with E-state index >= 15 is 0 Å². The monoisotopic (exact) mass is 293 g/mol. The van der Waals surface area contributed by atoms with Gasteiger partial charge in [0.2, 0.25) is 0 Å². The van der Waals surface area contributed by atoms with Crippen molar-refractivity contribution in [3.63, 3.8) is 0 Å². The summed E-state index contributed by atoms with van der Waals surface area (Å²) in [7, 11) is 0. The van der Waals surface area contributed by atoms with Crippen molar-refractivity contribution < 1.29 is 0 Å². The molecule has 2 N–H and O–H groups in total. The van der Waals surface area contributed by atoms with Crippen LogP contribution in [0.1, 0.15) is 58.8 Å². The van der Waals surface area contributed by atoms with Crippen LogP contribution < -0.4 is 5.73 Å². The zero-order valence-electron chi connectivity index (χ0n) is 14.2. The first-order valence-corrected chi connectivity index (χ1v) is 9.32. The fourth-order valence-corrected chi connectivity index (χ4v) is 4.93. The predicted octanol–water partition coefficient (Wildman–Crippen LogP) is 2.70. The van der Waals surface area contributed by atoms with E-state index in [-0.39, 0.29) is 0 Å². The summed E-state index contributed by atoms with van der Waals surface area (Å²) in [4.78, 5) is 5.49. The fraction of sp³-hybridized carbons (Fsp3) is 1.00. The Morgan fingerprint density at radius 2 is 1.81 bits per heavy atom. The Morgan fingerprint density at radius 3 is 2.38 bits per heavy atom. The molecule has 21 heavy (non-hydrogen) atoms. The minimum atomic E-state index is 0.327. The predicted molar refractivity (Wildman–Crippen MR) is 89.4 cm³/mol. The molecule has 3 heteroatoms. The van der Waals surface area contributed by atoms with Crippen LogP contribution in [0.4, 0.5) is 0 Å². The zero-order valence-corrected chi connectivity index (χ0v) is 14.2. The molecule has 1 heterocycles. The molecule has 0 amide bonds. The first-order chi connectivity index (χ1) is 10.1. The Labute approximate surface area is 131 Å². The molecule has 3 fully saturated rings. The van der Waals surface area contributed by atoms with E-state index in [1.807, 2.05) is 0 Å². The molecule has 2 unspecified atom stereocenters. The van der Waals surface area contributed by atoms with Gasteiger partial charge in [0, 0.05) is 44.3 Å². The van der Waals surface area contributed by atoms with E-state index in [0.717, 1.165) is 24.4 Å². The molecule has 1 saturated heterocycles. The van der Waals surface area contributed by atoms with Crippen molar-refractivity contribution in [1.29, 1.82) is 0 Å². The van der Waals surface area contributed by atoms with Crippen molar-refractivity contribution in [2.45, 2.75) is 70.4 Å². The van der Waals surface area contributed by atoms with Gasteiger partial charge >= 0.3 is 0 Å². The van der Waals surface area contributed by atoms with Gasteiger partial charge in [-0.05, 0) is 43.9 Å². The highest BCUT2D eigenvalue weighted by molar-refractivity contribution is 4.99. The van der Waals surface area contributed by atoms with Crippen LogP contribution in [0.25, 0.3) is 0 Å². The maximum atomic E-state index is 6.31. The van der Waals surface area contributed by atoms with E-state index in [4.69, 9.17) is 5.73 Å². The van der Waals surface area contributed by atoms with Gasteiger partial charge in [-0.3, -0.25) is 9.80 Å². The lowest BCUT2D eigenvalue weighted by molar-refractivity contribution is -0.00558. The van der Waals surface area contributed by atoms with Gasteiger partial charge in [0.1, 0.15) is 0 Å². The van der Waals surface area contributed by atoms with Crippen LogP contribution in [0.2, 0.25) is 0 Å². The maximum absolute atomic E-state index is 6.31. The number of hydrogen-bond donors (Lipinski definition) is 1. The molecule has 0 aromatic heterocycles. The molecule has 3 nitrogen and oxygen atoms in total. The molecular formula is C18H35N3. The summed E-state index contributed by atoms with van der Waals surface area (Å²) in [6, 6.07) is 0.932. The van der Waals surface area contributed by atoms with Crippen LogP contribution in [0.3, 0.4) is 0 Å². The van der Waals surface area contributed by atoms with Gasteiger partial charge in [0.25, 0.3) is 0 Å². The molecule has 0 spiro atoms. The van der Waals surface area contributed by atoms with Gasteiger partial charge in [-0.2, -0.15) is 0 Å². The lowest BCUT2D eigenvalue weighted by Crippen LogP contribution is -2.62. The van der Waals surface area contributed by atoms with Crippen LogP contribution in [0.15, 0.2) is 0 Å². The molecule has 3 aliphatic rings. The molecule has 1 aliphatic heterocycles. The molecule has 0 aromatic rings. The summed E-state index contributed by atoms with van der Waals surface area (Å²) in [5.41, 5.74) is 6.64. The van der Waals surface area contributed by atoms with Crippen molar-refractivity contribution >= 4 is 0 Å². The van der Waals surface area contributed by atoms with Crippen molar-refractivity contribution in [1.82, 2.24) is 9.80 Å². The lowest BCUT2D eigenvalue weighted by atomic mass is 9.72. The second kappa shape index (κ2) is 6.55. The highest BCUT2D eigenvalue weighted by Crippen LogP contribution is 2.40. The molecule has 0 bridgehead atoms. The Hall–Kier alpha value is -0.120. The van der Waals surface area contributed by atoms with Crippen LogP contribution in [0.5, 0.6) is 0 Å². The van der Waals surface area contributed by atoms with Gasteiger partial charge < -0.3 is 5.73 Å². The van der Waals surface area contributed by atoms with Gasteiger partial charge in [0.15, 0.2) is 0 Å². The summed E-state index contributed by atoms with van der Waals surface area (Å²) in [5, 5.41) is 0. The molecule has 3 rings (SSSR count). The second-order valence-electron chi connectivity index (χ2n) is 8.27. The van der Waals surface area contributed by atoms with E-state index in [9.17, 15) is 0 Å². The van der Waals surface area contributed by atoms with E-state index in [0.29, 0.717) is 5.54 Å². The molecular weight excluding hydrogens is 258 g/mol. The topological polar surface area (TPSA) is 32.5 Å². The van der Waals surface area contributed by atoms with Crippen molar-refractivity contribution in [2.24, 2.45) is 17.6 Å². The number of piperazine rings is 1. The fourth-order valence-electron chi connectivity index (χ4n) is 4.93. The van der Waals surface area contributed by atoms with Gasteiger partial charge in [-0.15, -0.1) is 0 Å². The third kappa shape index (κ3) is 3.62. The standard InChI is InChI=1S/C18H35N3/c1-15(2)12-16-4-3-7-18(13-16,14-19)21-10-8-20(9-11-21)17-5-6-17/h15-17H,3-14,19H2,1-2H3. The minimum absolute atomic E-state index is 0.327. The van der Waals surface area contributed by atoms with E-state index < -0.39 is 0 Å². The quantitative estimate of drug-likeness (QED) is 0.846. The third-order valence-corrected chi connectivity index (χ3v) is 6.16. The van der Waals surface area contributed by atoms with Crippen LogP contribution in [0, 0.1) is 11.8 Å². The smallest absolute Gasteiger partial charge is 0.0335 e. The average molecular weight is 293 g/mol. The Bertz CT molecular complexity index is 331. The van der Waals surface area contributed by atoms with E-state index in [2.05, 4.69) is 23.6 Å². The maximum Gasteiger partial charge on any atom is 0.0335 e. The summed E-state index contributed by atoms with van der Waals surface area (Å²) in [6.45, 7) is 10.7. The van der Waals surface area contributed by atoms with Gasteiger partial charge in [-0.1, -0.05) is 26.7 Å². The molecule has 2 aliphatic carbocycles. The van der Waals surface area contributed by atoms with E-state index in [1.165, 1.54) is 71.1 Å².